The van der Waals surface area contributed by atoms with Crippen LogP contribution in [0.2, 0.25) is 0 Å². The molecule has 1 saturated heterocycles. The number of hydrogen-bond donors (Lipinski definition) is 5. The Bertz CT molecular complexity index is 3070. The van der Waals surface area contributed by atoms with Crippen molar-refractivity contribution in [3.05, 3.63) is 143 Å². The number of ether oxygens (including phenoxy) is 1. The molecule has 8 atom stereocenters. The summed E-state index contributed by atoms with van der Waals surface area (Å²) in [6, 6.07) is 25.8. The smallest absolute Gasteiger partial charge is 0.407 e. The average Bonchev–Trinajstić information content (AvgIpc) is 4.17. The van der Waals surface area contributed by atoms with Gasteiger partial charge in [-0.05, 0) is 95.0 Å². The van der Waals surface area contributed by atoms with Gasteiger partial charge in [0.25, 0.3) is 0 Å². The van der Waals surface area contributed by atoms with Gasteiger partial charge in [0, 0.05) is 51.8 Å². The number of methoxy groups -OCH3 is 1. The third-order valence-electron chi connectivity index (χ3n) is 16.1. The Labute approximate surface area is 463 Å². The van der Waals surface area contributed by atoms with Crippen molar-refractivity contribution in [1.29, 1.82) is 0 Å². The molecule has 3 aliphatic rings. The van der Waals surface area contributed by atoms with E-state index in [0.29, 0.717) is 23.7 Å². The average molecular weight is 1080 g/mol. The Balaban J connectivity index is 1.07. The molecule has 1 aromatic heterocycles. The second-order valence-corrected chi connectivity index (χ2v) is 23.6. The first-order valence-corrected chi connectivity index (χ1v) is 27.3. The summed E-state index contributed by atoms with van der Waals surface area (Å²) in [4.78, 5) is 105. The van der Waals surface area contributed by atoms with E-state index in [1.54, 1.807) is 43.9 Å². The maximum atomic E-state index is 15.5. The van der Waals surface area contributed by atoms with Crippen LogP contribution >= 0.6 is 0 Å². The van der Waals surface area contributed by atoms with Gasteiger partial charge in [0.2, 0.25) is 29.5 Å². The molecular weight excluding hydrogens is 1000 g/mol. The number of nitrogens with zero attached hydrogens (tertiary/aromatic N) is 5. The largest absolute Gasteiger partial charge is 0.465 e. The molecule has 0 saturated carbocycles. The van der Waals surface area contributed by atoms with E-state index in [-0.39, 0.29) is 50.5 Å². The Hall–Kier alpha value is -7.57. The molecule has 7 amide bonds. The van der Waals surface area contributed by atoms with E-state index >= 15 is 4.79 Å². The monoisotopic (exact) mass is 1080 g/mol. The second-order valence-electron chi connectivity index (χ2n) is 23.6. The van der Waals surface area contributed by atoms with E-state index in [1.165, 1.54) is 23.4 Å². The molecule has 79 heavy (non-hydrogen) atoms. The van der Waals surface area contributed by atoms with E-state index in [2.05, 4.69) is 22.0 Å². The second kappa shape index (κ2) is 23.8. The van der Waals surface area contributed by atoms with Gasteiger partial charge >= 0.3 is 12.1 Å². The lowest BCUT2D eigenvalue weighted by Gasteiger charge is -2.43. The third-order valence-corrected chi connectivity index (χ3v) is 16.1. The van der Waals surface area contributed by atoms with Crippen molar-refractivity contribution in [3.8, 4) is 0 Å². The van der Waals surface area contributed by atoms with E-state index in [4.69, 9.17) is 10.5 Å². The van der Waals surface area contributed by atoms with Crippen LogP contribution in [0.5, 0.6) is 0 Å². The maximum absolute atomic E-state index is 15.5. The first-order chi connectivity index (χ1) is 37.5. The first kappa shape index (κ1) is 57.6. The summed E-state index contributed by atoms with van der Waals surface area (Å²) in [5.41, 5.74) is 11.5. The van der Waals surface area contributed by atoms with E-state index in [0.717, 1.165) is 51.1 Å². The first-order valence-electron chi connectivity index (χ1n) is 27.3. The molecule has 4 aromatic carbocycles. The molecular formula is C61H77N9O9. The van der Waals surface area contributed by atoms with Crippen LogP contribution in [0.15, 0.2) is 109 Å². The summed E-state index contributed by atoms with van der Waals surface area (Å²) < 4.78 is 7.28. The predicted molar refractivity (Wildman–Crippen MR) is 300 cm³/mol. The van der Waals surface area contributed by atoms with Crippen LogP contribution in [0, 0.1) is 10.8 Å². The lowest BCUT2D eigenvalue weighted by molar-refractivity contribution is -0.151. The van der Waals surface area contributed by atoms with E-state index < -0.39 is 83.0 Å². The van der Waals surface area contributed by atoms with Gasteiger partial charge in [-0.3, -0.25) is 33.4 Å². The number of likely N-dealkylation sites (N-methyl/N-ethyl adjacent to an activating group) is 1. The van der Waals surface area contributed by atoms with Crippen LogP contribution in [-0.4, -0.2) is 134 Å². The number of amides is 7. The van der Waals surface area contributed by atoms with Gasteiger partial charge < -0.3 is 46.2 Å². The molecule has 8 rings (SSSR count). The highest BCUT2D eigenvalue weighted by Crippen LogP contribution is 2.35. The molecule has 0 spiro atoms. The highest BCUT2D eigenvalue weighted by Gasteiger charge is 2.47. The summed E-state index contributed by atoms with van der Waals surface area (Å²) in [7, 11) is 2.86. The fourth-order valence-electron chi connectivity index (χ4n) is 11.2. The lowest BCUT2D eigenvalue weighted by Crippen LogP contribution is -2.60. The zero-order valence-corrected chi connectivity index (χ0v) is 46.9. The molecule has 1 aliphatic carbocycles. The Morgan fingerprint density at radius 2 is 1.47 bits per heavy atom. The van der Waals surface area contributed by atoms with Crippen LogP contribution in [0.3, 0.4) is 0 Å². The summed E-state index contributed by atoms with van der Waals surface area (Å²) in [5, 5.41) is 19.4. The number of carbonyl (C=O) groups excluding carboxylic acids is 6. The van der Waals surface area contributed by atoms with E-state index in [1.807, 2.05) is 118 Å². The SMILES string of the molecule is COC[C@H](c1ccccc1)N(Cc1ccc2c(ccn2C(=O)N[C@H]2C[C@@H](C(=O)N[C@@H]3CCCc4ccccc43)N(C(=O)[C@@H](NC(=O)[C@H](C)N(C)C(=O)O)C(C)(C)C)C2)c1)C(=O)[C@@H]1Cc2ccccc2CN1C(=O)[C@@H](N)C(C)(C)C. The van der Waals surface area contributed by atoms with Crippen molar-refractivity contribution in [2.75, 3.05) is 27.3 Å². The minimum absolute atomic E-state index is 0.0496. The molecule has 3 heterocycles. The molecule has 1 fully saturated rings. The number of benzene rings is 4. The summed E-state index contributed by atoms with van der Waals surface area (Å²) in [6.45, 7) is 13.0. The van der Waals surface area contributed by atoms with Gasteiger partial charge in [-0.2, -0.15) is 0 Å². The number of fused-ring (bicyclic) bond motifs is 3. The molecule has 0 unspecified atom stereocenters. The molecule has 6 N–H and O–H groups in total. The van der Waals surface area contributed by atoms with Gasteiger partial charge in [-0.25, -0.2) is 9.59 Å². The number of rotatable bonds is 15. The Morgan fingerprint density at radius 1 is 0.797 bits per heavy atom. The Kier molecular flexibility index (Phi) is 17.4. The normalized spacial score (nSPS) is 19.7. The lowest BCUT2D eigenvalue weighted by atomic mass is 9.84. The van der Waals surface area contributed by atoms with Gasteiger partial charge in [0.05, 0.1) is 36.3 Å². The fourth-order valence-corrected chi connectivity index (χ4v) is 11.2. The summed E-state index contributed by atoms with van der Waals surface area (Å²) >= 11 is 0. The number of likely N-dealkylation sites (tertiary alicyclic amines) is 1. The molecule has 18 heteroatoms. The van der Waals surface area contributed by atoms with Crippen molar-refractivity contribution >= 4 is 52.6 Å². The maximum Gasteiger partial charge on any atom is 0.407 e. The van der Waals surface area contributed by atoms with Crippen molar-refractivity contribution in [2.24, 2.45) is 16.6 Å². The van der Waals surface area contributed by atoms with Crippen LogP contribution in [0.4, 0.5) is 9.59 Å². The minimum Gasteiger partial charge on any atom is -0.465 e. The van der Waals surface area contributed by atoms with Gasteiger partial charge in [0.1, 0.15) is 24.2 Å². The van der Waals surface area contributed by atoms with Gasteiger partial charge in [0.15, 0.2) is 0 Å². The fraction of sp³-hybridized carbons (Fsp3) is 0.459. The predicted octanol–water partition coefficient (Wildman–Crippen LogP) is 6.93. The summed E-state index contributed by atoms with van der Waals surface area (Å²) in [6.07, 6.45) is 3.17. The number of carboxylic acid groups (broad SMARTS) is 1. The molecule has 0 bridgehead atoms. The molecule has 5 aromatic rings. The number of nitrogens with one attached hydrogen (secondary N) is 3. The zero-order valence-electron chi connectivity index (χ0n) is 46.9. The van der Waals surface area contributed by atoms with Crippen LogP contribution < -0.4 is 21.7 Å². The zero-order chi connectivity index (χ0) is 57.1. The van der Waals surface area contributed by atoms with Gasteiger partial charge in [-0.15, -0.1) is 0 Å². The Morgan fingerprint density at radius 3 is 2.14 bits per heavy atom. The third kappa shape index (κ3) is 12.7. The number of hydrogen-bond acceptors (Lipinski definition) is 9. The van der Waals surface area contributed by atoms with Crippen molar-refractivity contribution in [3.63, 3.8) is 0 Å². The standard InChI is InChI=1S/C61H77N9O9/c1-37(66(8)59(77)78)53(71)65-52(61(5,6)7)57(75)70-35-44(32-48(70)54(72)64-46-25-17-23-39-18-15-16-24-45(39)46)63-58(76)67-29-28-42-30-38(26-27-47(42)67)33-68(50(36-79-9)40-19-11-10-12-20-40)55(73)49-31-41-21-13-14-22-43(41)34-69(49)56(74)51(62)60(2,3)4/h10-16,18-22,24,26-30,37,44,46,48-52H,17,23,25,31-36,62H2,1-9H3,(H,63,76)(H,64,72)(H,65,71)(H,77,78)/t37-,44-,46+,48-,49-,50+,51+,52+/m0/s1. The van der Waals surface area contributed by atoms with Crippen LogP contribution in [0.1, 0.15) is 113 Å². The highest BCUT2D eigenvalue weighted by atomic mass is 16.5. The summed E-state index contributed by atoms with van der Waals surface area (Å²) in [5.74, 6) is -2.17. The van der Waals surface area contributed by atoms with Crippen molar-refractivity contribution in [2.45, 2.75) is 142 Å². The van der Waals surface area contributed by atoms with E-state index in [9.17, 15) is 33.9 Å². The number of aromatic nitrogens is 1. The number of aryl methyl sites for hydroxylation is 1. The van der Waals surface area contributed by atoms with Crippen molar-refractivity contribution in [1.82, 2.24) is 40.1 Å². The quantitative estimate of drug-likeness (QED) is 0.0726. The van der Waals surface area contributed by atoms with Crippen LogP contribution in [0.25, 0.3) is 10.9 Å². The molecule has 420 valence electrons. The number of carbonyl (C=O) groups is 7. The number of nitrogens with two attached hydrogens (primary N) is 1. The topological polar surface area (TPSA) is 229 Å². The molecule has 2 aliphatic heterocycles. The molecule has 18 nitrogen and oxygen atoms in total. The van der Waals surface area contributed by atoms with Gasteiger partial charge in [-0.1, -0.05) is 126 Å². The van der Waals surface area contributed by atoms with Crippen LogP contribution in [-0.2, 0) is 54.6 Å². The van der Waals surface area contributed by atoms with Crippen molar-refractivity contribution < 1.29 is 43.4 Å². The molecule has 0 radical (unpaired) electrons. The highest BCUT2D eigenvalue weighted by molar-refractivity contribution is 5.96. The minimum atomic E-state index is -1.31.